The van der Waals surface area contributed by atoms with Crippen molar-refractivity contribution >= 4 is 0 Å². The Hall–Kier alpha value is -2.10. The van der Waals surface area contributed by atoms with Gasteiger partial charge < -0.3 is 31.5 Å². The van der Waals surface area contributed by atoms with Gasteiger partial charge in [0.05, 0.1) is 33.4 Å². The molecule has 1 saturated carbocycles. The van der Waals surface area contributed by atoms with Crippen LogP contribution < -0.4 is 26.6 Å². The minimum Gasteiger partial charge on any atom is -1.00 e. The van der Waals surface area contributed by atoms with Gasteiger partial charge in [0.25, 0.3) is 0 Å². The number of piperazine rings is 1. The van der Waals surface area contributed by atoms with Gasteiger partial charge in [0.2, 0.25) is 5.75 Å². The van der Waals surface area contributed by atoms with Crippen LogP contribution in [-0.2, 0) is 0 Å². The van der Waals surface area contributed by atoms with Gasteiger partial charge in [-0.2, -0.15) is 0 Å². The molecule has 0 N–H and O–H groups in total. The molecular formula is C21H32ClN6O3-. The van der Waals surface area contributed by atoms with Gasteiger partial charge in [-0.25, -0.2) is 4.68 Å². The number of rotatable bonds is 7. The molecule has 1 aromatic carbocycles. The number of ether oxygens (including phenoxy) is 3. The van der Waals surface area contributed by atoms with Gasteiger partial charge in [0.15, 0.2) is 17.3 Å². The first-order chi connectivity index (χ1) is 14.7. The highest BCUT2D eigenvalue weighted by Crippen LogP contribution is 2.42. The van der Waals surface area contributed by atoms with E-state index in [0.717, 1.165) is 50.4 Å². The number of likely N-dealkylation sites (N-methyl/N-ethyl adjacent to an activating group) is 1. The van der Waals surface area contributed by atoms with Gasteiger partial charge in [-0.05, 0) is 48.0 Å². The maximum Gasteiger partial charge on any atom is 0.203 e. The van der Waals surface area contributed by atoms with Crippen molar-refractivity contribution in [3.8, 4) is 17.2 Å². The molecule has 172 valence electrons. The molecule has 2 fully saturated rings. The summed E-state index contributed by atoms with van der Waals surface area (Å²) in [4.78, 5) is 4.81. The smallest absolute Gasteiger partial charge is 0.203 e. The summed E-state index contributed by atoms with van der Waals surface area (Å²) in [5.41, 5.74) is 1.04. The van der Waals surface area contributed by atoms with Crippen molar-refractivity contribution in [3.63, 3.8) is 0 Å². The van der Waals surface area contributed by atoms with E-state index in [-0.39, 0.29) is 18.4 Å². The lowest BCUT2D eigenvalue weighted by Gasteiger charge is -2.38. The zero-order valence-corrected chi connectivity index (χ0v) is 19.5. The fourth-order valence-electron chi connectivity index (χ4n) is 4.65. The monoisotopic (exact) mass is 451 g/mol. The van der Waals surface area contributed by atoms with Crippen LogP contribution in [0.5, 0.6) is 17.2 Å². The molecule has 0 radical (unpaired) electrons. The summed E-state index contributed by atoms with van der Waals surface area (Å²) < 4.78 is 18.8. The number of methoxy groups -OCH3 is 3. The molecule has 1 aliphatic carbocycles. The predicted octanol–water partition coefficient (Wildman–Crippen LogP) is -0.845. The fraction of sp³-hybridized carbons (Fsp3) is 0.667. The summed E-state index contributed by atoms with van der Waals surface area (Å²) in [6, 6.07) is 4.34. The molecule has 4 rings (SSSR count). The Balaban J connectivity index is 0.00000272. The van der Waals surface area contributed by atoms with Crippen molar-refractivity contribution < 1.29 is 26.6 Å². The number of hydrogen-bond acceptors (Lipinski definition) is 8. The number of nitrogens with zero attached hydrogens (tertiary/aromatic N) is 6. The molecule has 2 aromatic rings. The van der Waals surface area contributed by atoms with Crippen LogP contribution in [0, 0.1) is 0 Å². The van der Waals surface area contributed by atoms with Gasteiger partial charge >= 0.3 is 0 Å². The zero-order valence-electron chi connectivity index (χ0n) is 18.8. The van der Waals surface area contributed by atoms with E-state index in [1.807, 2.05) is 12.1 Å². The van der Waals surface area contributed by atoms with Crippen LogP contribution in [0.2, 0.25) is 0 Å². The molecule has 9 nitrogen and oxygen atoms in total. The second kappa shape index (κ2) is 10.5. The maximum absolute atomic E-state index is 5.63. The van der Waals surface area contributed by atoms with Crippen LogP contribution in [0.15, 0.2) is 12.1 Å². The van der Waals surface area contributed by atoms with Gasteiger partial charge in [-0.3, -0.25) is 4.90 Å². The Kier molecular flexibility index (Phi) is 7.96. The Morgan fingerprint density at radius 2 is 1.55 bits per heavy atom. The van der Waals surface area contributed by atoms with E-state index in [2.05, 4.69) is 37.1 Å². The van der Waals surface area contributed by atoms with E-state index in [4.69, 9.17) is 14.2 Å². The topological polar surface area (TPSA) is 77.8 Å². The molecule has 0 amide bonds. The van der Waals surface area contributed by atoms with E-state index in [0.29, 0.717) is 23.3 Å². The standard InChI is InChI=1S/C21H32N6O3.ClH/c1-25-9-11-26(12-10-25)19(21-22-23-24-27(21)16-7-5-6-8-16)15-13-17(28-2)20(30-4)18(14-15)29-3;/h13-14,16,19H,5-12H2,1-4H3;1H/p-1. The number of benzene rings is 1. The Morgan fingerprint density at radius 3 is 2.10 bits per heavy atom. The van der Waals surface area contributed by atoms with Crippen molar-refractivity contribution in [2.75, 3.05) is 54.6 Å². The number of tetrazole rings is 1. The van der Waals surface area contributed by atoms with Crippen LogP contribution in [0.4, 0.5) is 0 Å². The zero-order chi connectivity index (χ0) is 21.1. The van der Waals surface area contributed by atoms with E-state index in [1.165, 1.54) is 12.8 Å². The fourth-order valence-corrected chi connectivity index (χ4v) is 4.65. The molecular weight excluding hydrogens is 420 g/mol. The second-order valence-corrected chi connectivity index (χ2v) is 8.12. The van der Waals surface area contributed by atoms with Crippen LogP contribution >= 0.6 is 0 Å². The molecule has 1 aliphatic heterocycles. The highest BCUT2D eigenvalue weighted by atomic mass is 35.5. The lowest BCUT2D eigenvalue weighted by atomic mass is 10.0. The molecule has 2 aliphatic rings. The van der Waals surface area contributed by atoms with Crippen LogP contribution in [0.25, 0.3) is 0 Å². The minimum absolute atomic E-state index is 0. The Morgan fingerprint density at radius 1 is 0.935 bits per heavy atom. The molecule has 10 heteroatoms. The number of aromatic nitrogens is 4. The largest absolute Gasteiger partial charge is 1.00 e. The Labute approximate surface area is 190 Å². The second-order valence-electron chi connectivity index (χ2n) is 8.12. The summed E-state index contributed by atoms with van der Waals surface area (Å²) in [6.07, 6.45) is 4.71. The number of halogens is 1. The molecule has 1 saturated heterocycles. The Bertz CT molecular complexity index is 824. The van der Waals surface area contributed by atoms with Crippen molar-refractivity contribution in [2.45, 2.75) is 37.8 Å². The summed E-state index contributed by atoms with van der Waals surface area (Å²) in [7, 11) is 7.08. The third-order valence-electron chi connectivity index (χ3n) is 6.34. The van der Waals surface area contributed by atoms with Gasteiger partial charge in [0.1, 0.15) is 0 Å². The van der Waals surface area contributed by atoms with Crippen LogP contribution in [0.3, 0.4) is 0 Å². The van der Waals surface area contributed by atoms with Crippen molar-refractivity contribution in [1.29, 1.82) is 0 Å². The molecule has 31 heavy (non-hydrogen) atoms. The molecule has 0 spiro atoms. The first kappa shape index (κ1) is 23.6. The molecule has 1 aromatic heterocycles. The summed E-state index contributed by atoms with van der Waals surface area (Å²) in [5, 5.41) is 13.0. The van der Waals surface area contributed by atoms with Crippen molar-refractivity contribution in [2.24, 2.45) is 0 Å². The van der Waals surface area contributed by atoms with Crippen molar-refractivity contribution in [3.05, 3.63) is 23.5 Å². The SMILES string of the molecule is COc1cc(C(c2nnnn2C2CCCC2)N2CCN(C)CC2)cc(OC)c1OC.[Cl-]. The molecule has 1 unspecified atom stereocenters. The number of hydrogen-bond donors (Lipinski definition) is 0. The van der Waals surface area contributed by atoms with Gasteiger partial charge in [-0.1, -0.05) is 12.8 Å². The van der Waals surface area contributed by atoms with Gasteiger partial charge in [-0.15, -0.1) is 5.10 Å². The highest BCUT2D eigenvalue weighted by Gasteiger charge is 2.34. The average Bonchev–Trinajstić information content (AvgIpc) is 3.46. The minimum atomic E-state index is -0.0805. The van der Waals surface area contributed by atoms with E-state index >= 15 is 0 Å². The van der Waals surface area contributed by atoms with E-state index in [9.17, 15) is 0 Å². The van der Waals surface area contributed by atoms with Crippen LogP contribution in [-0.4, -0.2) is 84.6 Å². The molecule has 0 bridgehead atoms. The van der Waals surface area contributed by atoms with Gasteiger partial charge in [0, 0.05) is 26.2 Å². The maximum atomic E-state index is 5.63. The summed E-state index contributed by atoms with van der Waals surface area (Å²) in [5.74, 6) is 2.77. The first-order valence-corrected chi connectivity index (χ1v) is 10.7. The van der Waals surface area contributed by atoms with Crippen molar-refractivity contribution in [1.82, 2.24) is 30.0 Å². The summed E-state index contributed by atoms with van der Waals surface area (Å²) >= 11 is 0. The normalized spacial score (nSPS) is 19.1. The molecule has 2 heterocycles. The summed E-state index contributed by atoms with van der Waals surface area (Å²) in [6.45, 7) is 3.89. The molecule has 1 atom stereocenters. The lowest BCUT2D eigenvalue weighted by molar-refractivity contribution is -0.00000723. The third kappa shape index (κ3) is 4.73. The average molecular weight is 452 g/mol. The highest BCUT2D eigenvalue weighted by molar-refractivity contribution is 5.55. The van der Waals surface area contributed by atoms with Crippen LogP contribution in [0.1, 0.15) is 49.2 Å². The predicted molar refractivity (Wildman–Crippen MR) is 112 cm³/mol. The lowest BCUT2D eigenvalue weighted by Crippen LogP contribution is -3.00. The first-order valence-electron chi connectivity index (χ1n) is 10.7. The third-order valence-corrected chi connectivity index (χ3v) is 6.34. The van der Waals surface area contributed by atoms with E-state index in [1.54, 1.807) is 21.3 Å². The quantitative estimate of drug-likeness (QED) is 0.539. The van der Waals surface area contributed by atoms with E-state index < -0.39 is 0 Å².